The van der Waals surface area contributed by atoms with Gasteiger partial charge in [-0.3, -0.25) is 0 Å². The molecule has 0 radical (unpaired) electrons. The SMILES string of the molecule is CP1(C)=NP(C)([CH2][Ge]([CH3])([CH3])[CH3])=NP(C)(C)=NP(C)([CH2][Ge]([CH3])([CH3])[CH3])=N1. The number of hydrogen-bond acceptors (Lipinski definition) is 4. The zero-order valence-corrected chi connectivity index (χ0v) is 25.8. The molecule has 0 bridgehead atoms. The summed E-state index contributed by atoms with van der Waals surface area (Å²) in [6.07, 6.45) is 0. The van der Waals surface area contributed by atoms with Crippen LogP contribution in [0.2, 0.25) is 34.5 Å². The molecule has 0 aliphatic carbocycles. The van der Waals surface area contributed by atoms with E-state index in [0.717, 1.165) is 0 Å². The molecule has 1 heterocycles. The molecule has 0 aromatic carbocycles. The summed E-state index contributed by atoms with van der Waals surface area (Å²) < 4.78 is 21.8. The van der Waals surface area contributed by atoms with Crippen LogP contribution in [-0.4, -0.2) is 76.5 Å². The van der Waals surface area contributed by atoms with Gasteiger partial charge in [0.25, 0.3) is 0 Å². The molecule has 0 aromatic heterocycles. The Labute approximate surface area is 157 Å². The van der Waals surface area contributed by atoms with Crippen molar-refractivity contribution < 1.29 is 0 Å². The predicted octanol–water partition coefficient (Wildman–Crippen LogP) is 8.00. The van der Waals surface area contributed by atoms with Crippen molar-refractivity contribution in [2.75, 3.05) is 50.0 Å². The molecule has 0 saturated heterocycles. The summed E-state index contributed by atoms with van der Waals surface area (Å²) in [7, 11) is -6.54. The van der Waals surface area contributed by atoms with Crippen molar-refractivity contribution in [3.63, 3.8) is 0 Å². The number of nitrogens with zero attached hydrogens (tertiary/aromatic N) is 4. The third kappa shape index (κ3) is 8.80. The van der Waals surface area contributed by atoms with Crippen LogP contribution >= 0.6 is 28.8 Å². The molecule has 2 unspecified atom stereocenters. The Bertz CT molecular complexity index is 652. The molecular formula is C14H40Ge2N4P4. The van der Waals surface area contributed by atoms with Crippen molar-refractivity contribution in [1.29, 1.82) is 0 Å². The van der Waals surface area contributed by atoms with Gasteiger partial charge in [-0.2, -0.15) is 0 Å². The minimum atomic E-state index is -1.74. The summed E-state index contributed by atoms with van der Waals surface area (Å²) in [5.74, 6) is 14.9. The molecule has 1 rings (SSSR count). The van der Waals surface area contributed by atoms with Gasteiger partial charge < -0.3 is 0 Å². The zero-order chi connectivity index (χ0) is 19.2. The Morgan fingerprint density at radius 1 is 0.500 bits per heavy atom. The van der Waals surface area contributed by atoms with E-state index >= 15 is 0 Å². The summed E-state index contributed by atoms with van der Waals surface area (Å²) >= 11 is -3.47. The summed E-state index contributed by atoms with van der Waals surface area (Å²) in [5, 5.41) is 0. The fourth-order valence-electron chi connectivity index (χ4n) is 3.88. The van der Waals surface area contributed by atoms with Crippen LogP contribution in [0.3, 0.4) is 0 Å². The van der Waals surface area contributed by atoms with Crippen LogP contribution in [0, 0.1) is 0 Å². The second-order valence-electron chi connectivity index (χ2n) is 10.6. The summed E-state index contributed by atoms with van der Waals surface area (Å²) in [6.45, 7) is 13.9. The van der Waals surface area contributed by atoms with Crippen molar-refractivity contribution in [3.8, 4) is 0 Å². The average molecular weight is 534 g/mol. The Morgan fingerprint density at radius 2 is 0.750 bits per heavy atom. The first kappa shape index (κ1) is 24.0. The van der Waals surface area contributed by atoms with Crippen molar-refractivity contribution in [3.05, 3.63) is 0 Å². The van der Waals surface area contributed by atoms with E-state index in [0.29, 0.717) is 0 Å². The third-order valence-electron chi connectivity index (χ3n) is 3.19. The fraction of sp³-hybridized carbons (Fsp3) is 1.00. The van der Waals surface area contributed by atoms with Crippen LogP contribution in [0.15, 0.2) is 18.1 Å². The van der Waals surface area contributed by atoms with Crippen molar-refractivity contribution in [2.24, 2.45) is 18.1 Å². The second kappa shape index (κ2) is 7.44. The van der Waals surface area contributed by atoms with E-state index in [1.165, 1.54) is 9.99 Å². The number of hydrogen-bond donors (Lipinski definition) is 0. The summed E-state index contributed by atoms with van der Waals surface area (Å²) in [5.41, 5.74) is 0. The first-order valence-corrected chi connectivity index (χ1v) is 34.0. The molecule has 2 atom stereocenters. The summed E-state index contributed by atoms with van der Waals surface area (Å²) in [4.78, 5) is 2.52. The van der Waals surface area contributed by atoms with Gasteiger partial charge in [0, 0.05) is 0 Å². The van der Waals surface area contributed by atoms with E-state index in [4.69, 9.17) is 18.1 Å². The van der Waals surface area contributed by atoms with Gasteiger partial charge >= 0.3 is 158 Å². The van der Waals surface area contributed by atoms with E-state index in [9.17, 15) is 0 Å². The standard InChI is InChI=1S/C14H40Ge2N4P4/c1-15(2,3)13-23(11)17-21(7,8)19-24(12,14-16(4,5)6)20-22(9,10)18-23/h13-14H2,1-12H3. The van der Waals surface area contributed by atoms with Crippen LogP contribution in [0.4, 0.5) is 0 Å². The molecule has 1 aliphatic rings. The topological polar surface area (TPSA) is 49.4 Å². The molecule has 1 aliphatic heterocycles. The fourth-order valence-corrected chi connectivity index (χ4v) is 52.8. The Hall–Kier alpha value is 2.01. The van der Waals surface area contributed by atoms with E-state index in [1.807, 2.05) is 0 Å². The van der Waals surface area contributed by atoms with Gasteiger partial charge in [0.15, 0.2) is 0 Å². The van der Waals surface area contributed by atoms with Crippen molar-refractivity contribution in [1.82, 2.24) is 0 Å². The van der Waals surface area contributed by atoms with Gasteiger partial charge in [-0.15, -0.1) is 0 Å². The molecule has 0 saturated carbocycles. The molecule has 4 nitrogen and oxygen atoms in total. The van der Waals surface area contributed by atoms with E-state index in [-0.39, 0.29) is 0 Å². The zero-order valence-electron chi connectivity index (χ0n) is 18.0. The molecule has 0 N–H and O–H groups in total. The van der Waals surface area contributed by atoms with Gasteiger partial charge in [-0.1, -0.05) is 0 Å². The van der Waals surface area contributed by atoms with Crippen LogP contribution in [0.5, 0.6) is 0 Å². The van der Waals surface area contributed by atoms with Crippen molar-refractivity contribution in [2.45, 2.75) is 34.5 Å². The molecule has 0 spiro atoms. The molecule has 0 fully saturated rings. The van der Waals surface area contributed by atoms with Crippen LogP contribution < -0.4 is 0 Å². The van der Waals surface area contributed by atoms with Crippen LogP contribution in [0.25, 0.3) is 0 Å². The van der Waals surface area contributed by atoms with Gasteiger partial charge in [0.1, 0.15) is 0 Å². The van der Waals surface area contributed by atoms with E-state index in [2.05, 4.69) is 74.5 Å². The van der Waals surface area contributed by atoms with Gasteiger partial charge in [0.05, 0.1) is 0 Å². The molecular weight excluding hydrogens is 493 g/mol. The van der Waals surface area contributed by atoms with E-state index in [1.54, 1.807) is 0 Å². The van der Waals surface area contributed by atoms with Gasteiger partial charge in [-0.25, -0.2) is 0 Å². The normalized spacial score (nSPS) is 33.2. The van der Waals surface area contributed by atoms with E-state index < -0.39 is 55.4 Å². The quantitative estimate of drug-likeness (QED) is 0.260. The Balaban J connectivity index is 3.68. The maximum atomic E-state index is 5.46. The third-order valence-corrected chi connectivity index (χ3v) is 38.9. The summed E-state index contributed by atoms with van der Waals surface area (Å²) in [6, 6.07) is 0. The molecule has 10 heteroatoms. The van der Waals surface area contributed by atoms with Crippen molar-refractivity contribution >= 4 is 55.4 Å². The molecule has 0 aromatic rings. The second-order valence-corrected chi connectivity index (χ2v) is 49.3. The molecule has 144 valence electrons. The number of rotatable bonds is 4. The van der Waals surface area contributed by atoms with Gasteiger partial charge in [-0.05, 0) is 0 Å². The average Bonchev–Trinajstić information content (AvgIpc) is 1.98. The van der Waals surface area contributed by atoms with Crippen LogP contribution in [0.1, 0.15) is 0 Å². The first-order valence-electron chi connectivity index (χ1n) is 8.62. The van der Waals surface area contributed by atoms with Gasteiger partial charge in [0.2, 0.25) is 0 Å². The maximum absolute atomic E-state index is 5.46. The molecule has 24 heavy (non-hydrogen) atoms. The molecule has 0 amide bonds. The predicted molar refractivity (Wildman–Crippen MR) is 129 cm³/mol. The Morgan fingerprint density at radius 3 is 0.958 bits per heavy atom. The Kier molecular flexibility index (Phi) is 7.46. The monoisotopic (exact) mass is 536 g/mol. The first-order chi connectivity index (χ1) is 10.2. The van der Waals surface area contributed by atoms with Crippen LogP contribution in [-0.2, 0) is 0 Å². The minimum absolute atomic E-state index is 1.26.